The standard InChI is InChI=1S/C48H65N11O7/c1-30(2)58-46-40(25-51-58)43(57-12-15-62-16-13-57)22-42(54-46)32-18-37(65-28-35(61)24-50-7)21-38(19-32)66-29-39-20-33(11-14-63-39)53-45-41-26-52-59(48(3,4)5)47(41)56-44(55-45)31-9-8-10-36(17-31)64-27-34(60)23-49-6/h8-10,17-19,21-22,25-26,30,33-35,39,49-50,60-61H,11-16,20,23-24,27-29H2,1-7H3,(H,53,55,56). The van der Waals surface area contributed by atoms with Gasteiger partial charge in [-0.05, 0) is 91.9 Å². The van der Waals surface area contributed by atoms with Gasteiger partial charge in [-0.3, -0.25) is 0 Å². The van der Waals surface area contributed by atoms with E-state index in [4.69, 9.17) is 48.8 Å². The molecule has 2 fully saturated rings. The lowest BCUT2D eigenvalue weighted by Gasteiger charge is -2.30. The second-order valence-electron chi connectivity index (χ2n) is 18.3. The first-order valence-corrected chi connectivity index (χ1v) is 23.0. The van der Waals surface area contributed by atoms with Gasteiger partial charge in [0.05, 0.1) is 59.4 Å². The van der Waals surface area contributed by atoms with Gasteiger partial charge >= 0.3 is 0 Å². The van der Waals surface area contributed by atoms with E-state index >= 15 is 0 Å². The Morgan fingerprint density at radius 1 is 0.788 bits per heavy atom. The molecule has 6 aromatic rings. The van der Waals surface area contributed by atoms with Crippen molar-refractivity contribution in [1.82, 2.24) is 45.1 Å². The van der Waals surface area contributed by atoms with Gasteiger partial charge in [-0.1, -0.05) is 12.1 Å². The molecule has 2 aliphatic heterocycles. The number of hydrogen-bond donors (Lipinski definition) is 5. The molecule has 2 aliphatic rings. The second-order valence-corrected chi connectivity index (χ2v) is 18.3. The van der Waals surface area contributed by atoms with Gasteiger partial charge in [-0.25, -0.2) is 24.3 Å². The minimum atomic E-state index is -0.701. The number of nitrogens with one attached hydrogen (secondary N) is 3. The quantitative estimate of drug-likeness (QED) is 0.0724. The highest BCUT2D eigenvalue weighted by atomic mass is 16.5. The van der Waals surface area contributed by atoms with E-state index in [-0.39, 0.29) is 43.5 Å². The number of fused-ring (bicyclic) bond motifs is 2. The average Bonchev–Trinajstić information content (AvgIpc) is 3.96. The number of morpholine rings is 1. The van der Waals surface area contributed by atoms with Gasteiger partial charge in [0.2, 0.25) is 0 Å². The molecular weight excluding hydrogens is 843 g/mol. The molecule has 8 rings (SSSR count). The molecule has 4 atom stereocenters. The van der Waals surface area contributed by atoms with Crippen molar-refractivity contribution < 1.29 is 33.9 Å². The van der Waals surface area contributed by atoms with E-state index in [0.717, 1.165) is 58.4 Å². The molecule has 6 heterocycles. The Hall–Kier alpha value is -5.63. The van der Waals surface area contributed by atoms with Crippen molar-refractivity contribution in [3.8, 4) is 39.9 Å². The van der Waals surface area contributed by atoms with Crippen LogP contribution in [0.4, 0.5) is 11.5 Å². The predicted octanol–water partition coefficient (Wildman–Crippen LogP) is 5.03. The largest absolute Gasteiger partial charge is 0.491 e. The summed E-state index contributed by atoms with van der Waals surface area (Å²) in [6.07, 6.45) is 3.58. The lowest BCUT2D eigenvalue weighted by molar-refractivity contribution is -0.0153. The Kier molecular flexibility index (Phi) is 14.8. The highest BCUT2D eigenvalue weighted by molar-refractivity contribution is 5.93. The highest BCUT2D eigenvalue weighted by Gasteiger charge is 2.28. The van der Waals surface area contributed by atoms with Crippen molar-refractivity contribution >= 4 is 33.6 Å². The normalized spacial score (nSPS) is 17.9. The molecule has 0 bridgehead atoms. The fourth-order valence-electron chi connectivity index (χ4n) is 8.33. The van der Waals surface area contributed by atoms with Gasteiger partial charge in [-0.2, -0.15) is 10.2 Å². The van der Waals surface area contributed by atoms with E-state index in [9.17, 15) is 10.2 Å². The number of rotatable bonds is 19. The van der Waals surface area contributed by atoms with Crippen LogP contribution in [-0.2, 0) is 15.0 Å². The SMILES string of the molecule is CNCC(O)COc1cc(OCC2CC(Nc3nc(-c4cccc(OCC(O)CNC)c4)nc4c3cnn4C(C)(C)C)CCO2)cc(-c2cc(N3CCOCC3)c3cnn(C(C)C)c3n2)c1. The number of pyridine rings is 1. The summed E-state index contributed by atoms with van der Waals surface area (Å²) in [7, 11) is 3.59. The van der Waals surface area contributed by atoms with Gasteiger partial charge in [-0.15, -0.1) is 0 Å². The maximum atomic E-state index is 10.6. The molecular formula is C48H65N11O7. The lowest BCUT2D eigenvalue weighted by atomic mass is 10.0. The second kappa shape index (κ2) is 20.9. The van der Waals surface area contributed by atoms with Crippen LogP contribution in [0.5, 0.6) is 17.2 Å². The summed E-state index contributed by atoms with van der Waals surface area (Å²) in [6, 6.07) is 15.6. The van der Waals surface area contributed by atoms with Crippen LogP contribution in [0.25, 0.3) is 44.7 Å². The number of aliphatic hydroxyl groups excluding tert-OH is 2. The van der Waals surface area contributed by atoms with Crippen LogP contribution in [0.15, 0.2) is 60.9 Å². The van der Waals surface area contributed by atoms with Crippen LogP contribution >= 0.6 is 0 Å². The minimum absolute atomic E-state index is 0.0128. The summed E-state index contributed by atoms with van der Waals surface area (Å²) in [5.41, 5.74) is 4.58. The molecule has 0 spiro atoms. The van der Waals surface area contributed by atoms with E-state index < -0.39 is 12.2 Å². The maximum Gasteiger partial charge on any atom is 0.164 e. The number of ether oxygens (including phenoxy) is 5. The molecule has 4 aromatic heterocycles. The molecule has 0 aliphatic carbocycles. The summed E-state index contributed by atoms with van der Waals surface area (Å²) < 4.78 is 34.6. The zero-order chi connectivity index (χ0) is 46.4. The molecule has 2 aromatic carbocycles. The molecule has 18 nitrogen and oxygen atoms in total. The first-order valence-electron chi connectivity index (χ1n) is 23.0. The van der Waals surface area contributed by atoms with Gasteiger partial charge in [0.25, 0.3) is 0 Å². The third kappa shape index (κ3) is 11.1. The van der Waals surface area contributed by atoms with E-state index in [2.05, 4.69) is 61.5 Å². The Morgan fingerprint density at radius 3 is 2.20 bits per heavy atom. The summed E-state index contributed by atoms with van der Waals surface area (Å²) in [6.45, 7) is 15.2. The monoisotopic (exact) mass is 908 g/mol. The van der Waals surface area contributed by atoms with Crippen molar-refractivity contribution in [3.63, 3.8) is 0 Å². The Morgan fingerprint density at radius 2 is 1.48 bits per heavy atom. The third-order valence-electron chi connectivity index (χ3n) is 11.6. The molecule has 4 unspecified atom stereocenters. The first-order chi connectivity index (χ1) is 31.9. The smallest absolute Gasteiger partial charge is 0.164 e. The van der Waals surface area contributed by atoms with E-state index in [1.54, 1.807) is 14.1 Å². The lowest BCUT2D eigenvalue weighted by Crippen LogP contribution is -2.37. The highest BCUT2D eigenvalue weighted by Crippen LogP contribution is 2.37. The molecule has 18 heteroatoms. The van der Waals surface area contributed by atoms with E-state index in [0.29, 0.717) is 73.9 Å². The van der Waals surface area contributed by atoms with E-state index in [1.807, 2.05) is 64.2 Å². The topological polar surface area (TPSA) is 200 Å². The summed E-state index contributed by atoms with van der Waals surface area (Å²) >= 11 is 0. The number of nitrogens with zero attached hydrogens (tertiary/aromatic N) is 8. The molecule has 5 N–H and O–H groups in total. The van der Waals surface area contributed by atoms with Crippen molar-refractivity contribution in [2.75, 3.05) is 90.1 Å². The molecule has 66 heavy (non-hydrogen) atoms. The van der Waals surface area contributed by atoms with Gasteiger partial charge in [0.15, 0.2) is 17.1 Å². The van der Waals surface area contributed by atoms with Gasteiger partial charge < -0.3 is 54.7 Å². The summed E-state index contributed by atoms with van der Waals surface area (Å²) in [5.74, 6) is 2.97. The molecule has 0 saturated carbocycles. The maximum absolute atomic E-state index is 10.6. The Balaban J connectivity index is 1.04. The minimum Gasteiger partial charge on any atom is -0.491 e. The van der Waals surface area contributed by atoms with Crippen LogP contribution in [0.1, 0.15) is 53.5 Å². The molecule has 0 radical (unpaired) electrons. The van der Waals surface area contributed by atoms with E-state index in [1.165, 1.54) is 0 Å². The van der Waals surface area contributed by atoms with Crippen molar-refractivity contribution in [1.29, 1.82) is 0 Å². The van der Waals surface area contributed by atoms with Crippen molar-refractivity contribution in [2.24, 2.45) is 0 Å². The molecule has 354 valence electrons. The molecule has 0 amide bonds. The number of anilines is 2. The zero-order valence-corrected chi connectivity index (χ0v) is 39.2. The van der Waals surface area contributed by atoms with Crippen molar-refractivity contribution in [3.05, 3.63) is 60.9 Å². The number of likely N-dealkylation sites (N-methyl/N-ethyl adjacent to an activating group) is 2. The van der Waals surface area contributed by atoms with Crippen LogP contribution in [0.3, 0.4) is 0 Å². The fourth-order valence-corrected chi connectivity index (χ4v) is 8.33. The fraction of sp³-hybridized carbons (Fsp3) is 0.521. The van der Waals surface area contributed by atoms with Crippen LogP contribution in [0.2, 0.25) is 0 Å². The van der Waals surface area contributed by atoms with Crippen LogP contribution < -0.4 is 35.1 Å². The summed E-state index contributed by atoms with van der Waals surface area (Å²) in [4.78, 5) is 17.6. The van der Waals surface area contributed by atoms with Gasteiger partial charge in [0.1, 0.15) is 55.1 Å². The zero-order valence-electron chi connectivity index (χ0n) is 39.2. The number of aliphatic hydroxyl groups is 2. The predicted molar refractivity (Wildman–Crippen MR) is 255 cm³/mol. The average molecular weight is 908 g/mol. The Bertz CT molecular complexity index is 2550. The Labute approximate surface area is 386 Å². The number of benzene rings is 2. The third-order valence-corrected chi connectivity index (χ3v) is 11.6. The number of aromatic nitrogens is 7. The van der Waals surface area contributed by atoms with Crippen LogP contribution in [-0.4, -0.2) is 149 Å². The molecule has 2 saturated heterocycles. The van der Waals surface area contributed by atoms with Crippen molar-refractivity contribution in [2.45, 2.75) is 83.4 Å². The summed E-state index contributed by atoms with van der Waals surface area (Å²) in [5, 5.41) is 41.8. The first kappa shape index (κ1) is 46.9. The number of hydrogen-bond acceptors (Lipinski definition) is 16. The van der Waals surface area contributed by atoms with Crippen LogP contribution in [0, 0.1) is 0 Å². The van der Waals surface area contributed by atoms with Gasteiger partial charge in [0, 0.05) is 62.1 Å².